The van der Waals surface area contributed by atoms with Crippen molar-refractivity contribution >= 4 is 17.6 Å². The summed E-state index contributed by atoms with van der Waals surface area (Å²) in [4.78, 5) is 1.70. The van der Waals surface area contributed by atoms with Gasteiger partial charge in [0.2, 0.25) is 0 Å². The van der Waals surface area contributed by atoms with Crippen molar-refractivity contribution in [2.75, 3.05) is 31.2 Å². The number of nitrogens with zero attached hydrogens (tertiary/aromatic N) is 1. The zero-order chi connectivity index (χ0) is 22.1. The molecule has 0 bridgehead atoms. The molecule has 4 nitrogen and oxygen atoms in total. The van der Waals surface area contributed by atoms with E-state index in [0.717, 1.165) is 18.0 Å². The number of anilines is 1. The van der Waals surface area contributed by atoms with Crippen LogP contribution in [0.5, 0.6) is 0 Å². The number of ether oxygens (including phenoxy) is 1. The van der Waals surface area contributed by atoms with Gasteiger partial charge in [-0.05, 0) is 49.3 Å². The van der Waals surface area contributed by atoms with Crippen molar-refractivity contribution in [1.82, 2.24) is 4.72 Å². The monoisotopic (exact) mass is 447 g/mol. The molecule has 2 fully saturated rings. The second-order valence-electron chi connectivity index (χ2n) is 8.39. The molecule has 1 heterocycles. The van der Waals surface area contributed by atoms with Crippen molar-refractivity contribution in [2.45, 2.75) is 70.5 Å². The average Bonchev–Trinajstić information content (AvgIpc) is 2.73. The molecular weight excluding hydrogens is 411 g/mol. The summed E-state index contributed by atoms with van der Waals surface area (Å²) < 4.78 is 47.8. The second-order valence-corrected chi connectivity index (χ2v) is 9.81. The maximum atomic E-state index is 13.0. The van der Waals surface area contributed by atoms with Gasteiger partial charge in [-0.2, -0.15) is 13.2 Å². The molecule has 0 unspecified atom stereocenters. The van der Waals surface area contributed by atoms with E-state index < -0.39 is 11.7 Å². The lowest BCUT2D eigenvalue weighted by atomic mass is 9.88. The SMILES string of the molecule is CC1CCC(NSC(C)C)CC1.NCc1ccc(N2CCOCC2)c(C(F)(F)F)c1. The first-order chi connectivity index (χ1) is 14.2. The minimum atomic E-state index is -4.36. The molecule has 3 rings (SSSR count). The highest BCUT2D eigenvalue weighted by Crippen LogP contribution is 2.37. The number of halogens is 3. The molecule has 0 spiro atoms. The number of morpholine rings is 1. The van der Waals surface area contributed by atoms with Gasteiger partial charge in [0.25, 0.3) is 0 Å². The number of alkyl halides is 3. The van der Waals surface area contributed by atoms with E-state index in [1.807, 2.05) is 11.9 Å². The molecule has 2 aliphatic rings. The van der Waals surface area contributed by atoms with Crippen LogP contribution in [0.15, 0.2) is 18.2 Å². The molecule has 1 aromatic rings. The molecule has 0 atom stereocenters. The zero-order valence-corrected chi connectivity index (χ0v) is 19.1. The van der Waals surface area contributed by atoms with E-state index in [9.17, 15) is 13.2 Å². The van der Waals surface area contributed by atoms with E-state index in [0.29, 0.717) is 37.1 Å². The largest absolute Gasteiger partial charge is 0.418 e. The molecule has 8 heteroatoms. The third-order valence-corrected chi connectivity index (χ3v) is 6.38. The summed E-state index contributed by atoms with van der Waals surface area (Å²) in [5.74, 6) is 0.965. The molecular formula is C22H36F3N3OS. The van der Waals surface area contributed by atoms with Gasteiger partial charge in [0.1, 0.15) is 0 Å². The maximum absolute atomic E-state index is 13.0. The molecule has 172 valence electrons. The van der Waals surface area contributed by atoms with E-state index in [-0.39, 0.29) is 12.2 Å². The van der Waals surface area contributed by atoms with E-state index in [1.165, 1.54) is 31.7 Å². The Labute approximate surface area is 183 Å². The zero-order valence-electron chi connectivity index (χ0n) is 18.3. The Morgan fingerprint density at radius 2 is 1.80 bits per heavy atom. The highest BCUT2D eigenvalue weighted by atomic mass is 32.2. The lowest BCUT2D eigenvalue weighted by molar-refractivity contribution is -0.137. The van der Waals surface area contributed by atoms with Crippen molar-refractivity contribution in [3.63, 3.8) is 0 Å². The third kappa shape index (κ3) is 8.29. The highest BCUT2D eigenvalue weighted by Gasteiger charge is 2.35. The van der Waals surface area contributed by atoms with Crippen molar-refractivity contribution in [3.05, 3.63) is 29.3 Å². The number of nitrogens with two attached hydrogens (primary N) is 1. The highest BCUT2D eigenvalue weighted by molar-refractivity contribution is 7.98. The number of benzene rings is 1. The van der Waals surface area contributed by atoms with Crippen molar-refractivity contribution in [1.29, 1.82) is 0 Å². The van der Waals surface area contributed by atoms with Crippen LogP contribution in [-0.2, 0) is 17.5 Å². The number of hydrogen-bond donors (Lipinski definition) is 2. The topological polar surface area (TPSA) is 50.5 Å². The first-order valence-electron chi connectivity index (χ1n) is 10.8. The lowest BCUT2D eigenvalue weighted by Gasteiger charge is -2.31. The summed E-state index contributed by atoms with van der Waals surface area (Å²) in [6.45, 7) is 8.81. The molecule has 1 aromatic carbocycles. The van der Waals surface area contributed by atoms with E-state index in [2.05, 4.69) is 25.5 Å². The van der Waals surface area contributed by atoms with Gasteiger partial charge >= 0.3 is 6.18 Å². The van der Waals surface area contributed by atoms with Crippen LogP contribution in [0.2, 0.25) is 0 Å². The molecule has 1 saturated heterocycles. The fourth-order valence-corrected chi connectivity index (χ4v) is 4.33. The summed E-state index contributed by atoms with van der Waals surface area (Å²) in [6, 6.07) is 5.05. The van der Waals surface area contributed by atoms with Gasteiger partial charge in [-0.3, -0.25) is 4.72 Å². The van der Waals surface area contributed by atoms with Crippen LogP contribution < -0.4 is 15.4 Å². The Morgan fingerprint density at radius 1 is 1.17 bits per heavy atom. The van der Waals surface area contributed by atoms with Crippen molar-refractivity contribution < 1.29 is 17.9 Å². The number of nitrogens with one attached hydrogen (secondary N) is 1. The van der Waals surface area contributed by atoms with Crippen LogP contribution in [0.3, 0.4) is 0 Å². The summed E-state index contributed by atoms with van der Waals surface area (Å²) in [5.41, 5.74) is 5.47. The van der Waals surface area contributed by atoms with Crippen LogP contribution in [-0.4, -0.2) is 37.6 Å². The first-order valence-corrected chi connectivity index (χ1v) is 11.7. The van der Waals surface area contributed by atoms with Gasteiger partial charge < -0.3 is 15.4 Å². The quantitative estimate of drug-likeness (QED) is 0.607. The van der Waals surface area contributed by atoms with Gasteiger partial charge in [0, 0.05) is 36.6 Å². The minimum absolute atomic E-state index is 0.104. The third-order valence-electron chi connectivity index (χ3n) is 5.44. The van der Waals surface area contributed by atoms with Crippen LogP contribution in [0.25, 0.3) is 0 Å². The van der Waals surface area contributed by atoms with E-state index in [1.54, 1.807) is 11.0 Å². The predicted octanol–water partition coefficient (Wildman–Crippen LogP) is 5.21. The Bertz CT molecular complexity index is 629. The van der Waals surface area contributed by atoms with Crippen molar-refractivity contribution in [3.8, 4) is 0 Å². The van der Waals surface area contributed by atoms with Gasteiger partial charge in [0.15, 0.2) is 0 Å². The summed E-state index contributed by atoms with van der Waals surface area (Å²) in [7, 11) is 0. The normalized spacial score (nSPS) is 22.6. The van der Waals surface area contributed by atoms with Gasteiger partial charge in [0.05, 0.1) is 18.8 Å². The first kappa shape index (κ1) is 25.3. The molecule has 0 radical (unpaired) electrons. The van der Waals surface area contributed by atoms with E-state index in [4.69, 9.17) is 10.5 Å². The van der Waals surface area contributed by atoms with Crippen molar-refractivity contribution in [2.24, 2.45) is 11.7 Å². The lowest BCUT2D eigenvalue weighted by Crippen LogP contribution is -2.37. The van der Waals surface area contributed by atoms with Crippen LogP contribution >= 0.6 is 11.9 Å². The molecule has 3 N–H and O–H groups in total. The summed E-state index contributed by atoms with van der Waals surface area (Å²) >= 11 is 1.89. The van der Waals surface area contributed by atoms with Gasteiger partial charge in [-0.1, -0.05) is 38.8 Å². The smallest absolute Gasteiger partial charge is 0.378 e. The minimum Gasteiger partial charge on any atom is -0.378 e. The standard InChI is InChI=1S/C12H15F3N2O.C10H21NS/c13-12(14,15)10-7-9(8-16)1-2-11(10)17-3-5-18-6-4-17;1-8(2)12-11-10-6-4-9(3)5-7-10/h1-2,7H,3-6,8,16H2;8-11H,4-7H2,1-3H3. The molecule has 1 aliphatic carbocycles. The predicted molar refractivity (Wildman–Crippen MR) is 120 cm³/mol. The molecule has 0 aromatic heterocycles. The fourth-order valence-electron chi connectivity index (χ4n) is 3.63. The Hall–Kier alpha value is -0.960. The molecule has 30 heavy (non-hydrogen) atoms. The molecule has 1 saturated carbocycles. The van der Waals surface area contributed by atoms with Crippen LogP contribution in [0.4, 0.5) is 18.9 Å². The number of hydrogen-bond acceptors (Lipinski definition) is 5. The average molecular weight is 448 g/mol. The van der Waals surface area contributed by atoms with Gasteiger partial charge in [-0.25, -0.2) is 0 Å². The van der Waals surface area contributed by atoms with Crippen LogP contribution in [0, 0.1) is 5.92 Å². The Balaban J connectivity index is 0.000000232. The van der Waals surface area contributed by atoms with E-state index >= 15 is 0 Å². The summed E-state index contributed by atoms with van der Waals surface area (Å²) in [6.07, 6.45) is 1.22. The Kier molecular flexibility index (Phi) is 10.3. The molecule has 0 amide bonds. The molecule has 1 aliphatic heterocycles. The second kappa shape index (κ2) is 12.2. The fraction of sp³-hybridized carbons (Fsp3) is 0.727. The maximum Gasteiger partial charge on any atom is 0.418 e. The summed E-state index contributed by atoms with van der Waals surface area (Å²) in [5, 5.41) is 0.712. The Morgan fingerprint density at radius 3 is 2.33 bits per heavy atom. The number of rotatable bonds is 5. The van der Waals surface area contributed by atoms with Gasteiger partial charge in [-0.15, -0.1) is 0 Å². The van der Waals surface area contributed by atoms with Crippen LogP contribution in [0.1, 0.15) is 57.6 Å².